The lowest BCUT2D eigenvalue weighted by atomic mass is 10.00. The van der Waals surface area contributed by atoms with Crippen LogP contribution in [-0.4, -0.2) is 21.5 Å². The number of methoxy groups -OCH3 is 1. The van der Waals surface area contributed by atoms with Crippen molar-refractivity contribution in [3.63, 3.8) is 0 Å². The van der Waals surface area contributed by atoms with Gasteiger partial charge in [-0.25, -0.2) is 13.1 Å². The molecule has 0 aromatic heterocycles. The SMILES string of the molecule is COC(=O)CCCCCC(NS(=O)(=O)c1ccc(Cl)cc1)c1ccc(C)cc1. The summed E-state index contributed by atoms with van der Waals surface area (Å²) in [6.45, 7) is 1.99. The summed E-state index contributed by atoms with van der Waals surface area (Å²) in [5, 5.41) is 0.486. The molecule has 0 heterocycles. The standard InChI is InChI=1S/C21H26ClNO4S/c1-16-8-10-17(11-9-16)20(6-4-3-5-7-21(24)27-2)23-28(25,26)19-14-12-18(22)13-15-19/h8-15,20,23H,3-7H2,1-2H3. The molecule has 0 aliphatic heterocycles. The summed E-state index contributed by atoms with van der Waals surface area (Å²) in [6, 6.07) is 13.6. The number of unbranched alkanes of at least 4 members (excludes halogenated alkanes) is 2. The Bertz CT molecular complexity index is 864. The van der Waals surface area contributed by atoms with Crippen LogP contribution in [0.25, 0.3) is 0 Å². The first-order chi connectivity index (χ1) is 13.3. The van der Waals surface area contributed by atoms with Crippen molar-refractivity contribution in [1.82, 2.24) is 4.72 Å². The van der Waals surface area contributed by atoms with Crippen LogP contribution in [-0.2, 0) is 19.6 Å². The van der Waals surface area contributed by atoms with E-state index in [1.807, 2.05) is 31.2 Å². The Morgan fingerprint density at radius 2 is 1.68 bits per heavy atom. The summed E-state index contributed by atoms with van der Waals surface area (Å²) in [7, 11) is -2.30. The number of hydrogen-bond acceptors (Lipinski definition) is 4. The van der Waals surface area contributed by atoms with Crippen molar-refractivity contribution >= 4 is 27.6 Å². The summed E-state index contributed by atoms with van der Waals surface area (Å²) in [6.07, 6.45) is 3.34. The molecule has 2 aromatic carbocycles. The fourth-order valence-electron chi connectivity index (χ4n) is 2.86. The molecule has 0 fully saturated rings. The lowest BCUT2D eigenvalue weighted by Gasteiger charge is -2.20. The van der Waals surface area contributed by atoms with Crippen LogP contribution < -0.4 is 4.72 Å². The van der Waals surface area contributed by atoms with Crippen LogP contribution in [0.1, 0.15) is 49.3 Å². The Morgan fingerprint density at radius 1 is 1.04 bits per heavy atom. The van der Waals surface area contributed by atoms with Crippen molar-refractivity contribution in [3.05, 3.63) is 64.7 Å². The van der Waals surface area contributed by atoms with E-state index >= 15 is 0 Å². The normalized spacial score (nSPS) is 12.5. The lowest BCUT2D eigenvalue weighted by Crippen LogP contribution is -2.28. The number of aryl methyl sites for hydroxylation is 1. The maximum atomic E-state index is 12.8. The minimum atomic E-state index is -3.68. The Kier molecular flexibility index (Phi) is 8.48. The Labute approximate surface area is 172 Å². The first kappa shape index (κ1) is 22.4. The van der Waals surface area contributed by atoms with Crippen molar-refractivity contribution in [2.24, 2.45) is 0 Å². The highest BCUT2D eigenvalue weighted by Gasteiger charge is 2.21. The van der Waals surface area contributed by atoms with Crippen LogP contribution in [0.3, 0.4) is 0 Å². The molecule has 2 rings (SSSR count). The van der Waals surface area contributed by atoms with E-state index in [0.29, 0.717) is 17.9 Å². The molecule has 0 saturated carbocycles. The van der Waals surface area contributed by atoms with Gasteiger partial charge in [-0.1, -0.05) is 54.3 Å². The number of nitrogens with one attached hydrogen (secondary N) is 1. The predicted octanol–water partition coefficient (Wildman–Crippen LogP) is 4.79. The van der Waals surface area contributed by atoms with Gasteiger partial charge in [0.2, 0.25) is 10.0 Å². The van der Waals surface area contributed by atoms with Gasteiger partial charge in [0.15, 0.2) is 0 Å². The van der Waals surface area contributed by atoms with E-state index in [1.165, 1.54) is 19.2 Å². The molecule has 1 N–H and O–H groups in total. The predicted molar refractivity (Wildman–Crippen MR) is 111 cm³/mol. The molecule has 1 unspecified atom stereocenters. The molecule has 0 aliphatic rings. The zero-order valence-corrected chi connectivity index (χ0v) is 17.7. The second kappa shape index (κ2) is 10.6. The molecule has 2 aromatic rings. The van der Waals surface area contributed by atoms with Crippen molar-refractivity contribution < 1.29 is 17.9 Å². The average molecular weight is 424 g/mol. The topological polar surface area (TPSA) is 72.5 Å². The second-order valence-corrected chi connectivity index (χ2v) is 8.86. The zero-order chi connectivity index (χ0) is 20.6. The number of halogens is 1. The molecule has 0 saturated heterocycles. The summed E-state index contributed by atoms with van der Waals surface area (Å²) in [5.74, 6) is -0.224. The van der Waals surface area contributed by atoms with E-state index in [1.54, 1.807) is 12.1 Å². The van der Waals surface area contributed by atoms with Gasteiger partial charge in [-0.15, -0.1) is 0 Å². The van der Waals surface area contributed by atoms with Crippen LogP contribution in [0.2, 0.25) is 5.02 Å². The van der Waals surface area contributed by atoms with Gasteiger partial charge in [0.1, 0.15) is 0 Å². The van der Waals surface area contributed by atoms with E-state index in [9.17, 15) is 13.2 Å². The van der Waals surface area contributed by atoms with Crippen LogP contribution in [0, 0.1) is 6.92 Å². The monoisotopic (exact) mass is 423 g/mol. The number of rotatable bonds is 10. The summed E-state index contributed by atoms with van der Waals surface area (Å²) < 4.78 is 33.0. The maximum Gasteiger partial charge on any atom is 0.305 e. The smallest absolute Gasteiger partial charge is 0.305 e. The van der Waals surface area contributed by atoms with Gasteiger partial charge in [0.25, 0.3) is 0 Å². The van der Waals surface area contributed by atoms with Crippen LogP contribution in [0.15, 0.2) is 53.4 Å². The molecule has 7 heteroatoms. The highest BCUT2D eigenvalue weighted by Crippen LogP contribution is 2.24. The van der Waals surface area contributed by atoms with E-state index < -0.39 is 10.0 Å². The van der Waals surface area contributed by atoms with E-state index in [0.717, 1.165) is 30.4 Å². The lowest BCUT2D eigenvalue weighted by molar-refractivity contribution is -0.140. The number of benzene rings is 2. The van der Waals surface area contributed by atoms with E-state index in [-0.39, 0.29) is 16.9 Å². The van der Waals surface area contributed by atoms with Gasteiger partial charge in [0, 0.05) is 17.5 Å². The molecule has 152 valence electrons. The number of carbonyl (C=O) groups excluding carboxylic acids is 1. The number of ether oxygens (including phenoxy) is 1. The molecule has 0 bridgehead atoms. The first-order valence-electron chi connectivity index (χ1n) is 9.23. The highest BCUT2D eigenvalue weighted by molar-refractivity contribution is 7.89. The van der Waals surface area contributed by atoms with Crippen molar-refractivity contribution in [3.8, 4) is 0 Å². The Balaban J connectivity index is 2.08. The molecule has 28 heavy (non-hydrogen) atoms. The van der Waals surface area contributed by atoms with Gasteiger partial charge < -0.3 is 4.74 Å². The molecule has 0 amide bonds. The molecule has 1 atom stereocenters. The number of hydrogen-bond donors (Lipinski definition) is 1. The largest absolute Gasteiger partial charge is 0.469 e. The number of sulfonamides is 1. The number of esters is 1. The Morgan fingerprint density at radius 3 is 2.29 bits per heavy atom. The van der Waals surface area contributed by atoms with Gasteiger partial charge in [-0.05, 0) is 49.6 Å². The summed E-state index contributed by atoms with van der Waals surface area (Å²) in [5.41, 5.74) is 2.03. The fourth-order valence-corrected chi connectivity index (χ4v) is 4.24. The van der Waals surface area contributed by atoms with Gasteiger partial charge in [-0.3, -0.25) is 4.79 Å². The van der Waals surface area contributed by atoms with Crippen LogP contribution >= 0.6 is 11.6 Å². The third-order valence-corrected chi connectivity index (χ3v) is 6.24. The van der Waals surface area contributed by atoms with Crippen molar-refractivity contribution in [2.75, 3.05) is 7.11 Å². The minimum absolute atomic E-state index is 0.180. The molecule has 0 aliphatic carbocycles. The van der Waals surface area contributed by atoms with E-state index in [2.05, 4.69) is 9.46 Å². The molecular formula is C21H26ClNO4S. The molecule has 5 nitrogen and oxygen atoms in total. The molecule has 0 spiro atoms. The maximum absolute atomic E-state index is 12.8. The average Bonchev–Trinajstić information content (AvgIpc) is 2.67. The van der Waals surface area contributed by atoms with Crippen LogP contribution in [0.5, 0.6) is 0 Å². The zero-order valence-electron chi connectivity index (χ0n) is 16.2. The van der Waals surface area contributed by atoms with Crippen LogP contribution in [0.4, 0.5) is 0 Å². The molecular weight excluding hydrogens is 398 g/mol. The highest BCUT2D eigenvalue weighted by atomic mass is 35.5. The summed E-state index contributed by atoms with van der Waals surface area (Å²) in [4.78, 5) is 11.4. The first-order valence-corrected chi connectivity index (χ1v) is 11.1. The van der Waals surface area contributed by atoms with Gasteiger partial charge in [-0.2, -0.15) is 0 Å². The van der Waals surface area contributed by atoms with Crippen molar-refractivity contribution in [1.29, 1.82) is 0 Å². The van der Waals surface area contributed by atoms with Gasteiger partial charge in [0.05, 0.1) is 12.0 Å². The van der Waals surface area contributed by atoms with Crippen molar-refractivity contribution in [2.45, 2.75) is 50.0 Å². The quantitative estimate of drug-likeness (QED) is 0.440. The third-order valence-electron chi connectivity index (χ3n) is 4.50. The summed E-state index contributed by atoms with van der Waals surface area (Å²) >= 11 is 5.86. The van der Waals surface area contributed by atoms with Gasteiger partial charge >= 0.3 is 5.97 Å². The van der Waals surface area contributed by atoms with E-state index in [4.69, 9.17) is 11.6 Å². The molecule has 0 radical (unpaired) electrons. The fraction of sp³-hybridized carbons (Fsp3) is 0.381. The Hall–Kier alpha value is -1.89. The number of carbonyl (C=O) groups is 1. The third kappa shape index (κ3) is 6.93. The second-order valence-electron chi connectivity index (χ2n) is 6.71. The minimum Gasteiger partial charge on any atom is -0.469 e.